The Hall–Kier alpha value is -3.93. The number of allylic oxidation sites excluding steroid dienone is 18. The molecule has 0 fully saturated rings. The molecule has 0 aromatic rings. The average molecular weight is 1130 g/mol. The van der Waals surface area contributed by atoms with E-state index < -0.39 is 6.10 Å². The van der Waals surface area contributed by atoms with E-state index in [2.05, 4.69) is 130 Å². The van der Waals surface area contributed by atoms with E-state index in [1.165, 1.54) is 167 Å². The molecule has 464 valence electrons. The van der Waals surface area contributed by atoms with Crippen LogP contribution in [0, 0.1) is 0 Å². The number of carbonyl (C=O) groups is 3. The Morgan fingerprint density at radius 1 is 0.259 bits per heavy atom. The summed E-state index contributed by atoms with van der Waals surface area (Å²) >= 11 is 0. The third-order valence-electron chi connectivity index (χ3n) is 14.7. The number of hydrogen-bond donors (Lipinski definition) is 0. The first-order valence-electron chi connectivity index (χ1n) is 34.4. The first kappa shape index (κ1) is 77.1. The molecule has 0 radical (unpaired) electrons. The number of ether oxygens (including phenoxy) is 3. The first-order chi connectivity index (χ1) is 40.0. The van der Waals surface area contributed by atoms with Gasteiger partial charge >= 0.3 is 17.9 Å². The Morgan fingerprint density at radius 3 is 0.765 bits per heavy atom. The molecule has 0 N–H and O–H groups in total. The lowest BCUT2D eigenvalue weighted by atomic mass is 10.0. The lowest BCUT2D eigenvalue weighted by molar-refractivity contribution is -0.167. The number of unbranched alkanes of at least 4 members (excludes halogenated alkanes) is 33. The zero-order chi connectivity index (χ0) is 58.5. The molecular formula is C75H128O6. The molecule has 0 aliphatic carbocycles. The van der Waals surface area contributed by atoms with Crippen molar-refractivity contribution in [1.82, 2.24) is 0 Å². The summed E-state index contributed by atoms with van der Waals surface area (Å²) in [4.78, 5) is 38.5. The first-order valence-corrected chi connectivity index (χ1v) is 34.4. The van der Waals surface area contributed by atoms with Crippen LogP contribution in [0.2, 0.25) is 0 Å². The fraction of sp³-hybridized carbons (Fsp3) is 0.720. The summed E-state index contributed by atoms with van der Waals surface area (Å²) in [7, 11) is 0. The molecule has 0 heterocycles. The van der Waals surface area contributed by atoms with Gasteiger partial charge < -0.3 is 14.2 Å². The molecule has 0 saturated carbocycles. The predicted molar refractivity (Wildman–Crippen MR) is 353 cm³/mol. The van der Waals surface area contributed by atoms with Gasteiger partial charge in [-0.25, -0.2) is 0 Å². The van der Waals surface area contributed by atoms with Crippen LogP contribution >= 0.6 is 0 Å². The third kappa shape index (κ3) is 66.8. The van der Waals surface area contributed by atoms with E-state index in [9.17, 15) is 14.4 Å². The molecular weight excluding hydrogens is 997 g/mol. The molecule has 0 bridgehead atoms. The highest BCUT2D eigenvalue weighted by Gasteiger charge is 2.19. The van der Waals surface area contributed by atoms with Crippen LogP contribution in [0.4, 0.5) is 0 Å². The third-order valence-corrected chi connectivity index (χ3v) is 14.7. The van der Waals surface area contributed by atoms with Crippen LogP contribution in [-0.2, 0) is 28.6 Å². The smallest absolute Gasteiger partial charge is 0.306 e. The van der Waals surface area contributed by atoms with Crippen LogP contribution in [0.25, 0.3) is 0 Å². The van der Waals surface area contributed by atoms with Crippen molar-refractivity contribution in [3.05, 3.63) is 109 Å². The Morgan fingerprint density at radius 2 is 0.481 bits per heavy atom. The topological polar surface area (TPSA) is 78.9 Å². The van der Waals surface area contributed by atoms with Crippen LogP contribution in [0.3, 0.4) is 0 Å². The normalized spacial score (nSPS) is 12.8. The summed E-state index contributed by atoms with van der Waals surface area (Å²) in [6.07, 6.45) is 93.9. The molecule has 0 saturated heterocycles. The Balaban J connectivity index is 4.35. The number of esters is 3. The highest BCUT2D eigenvalue weighted by atomic mass is 16.6. The van der Waals surface area contributed by atoms with Gasteiger partial charge in [0.15, 0.2) is 6.10 Å². The Labute approximate surface area is 501 Å². The van der Waals surface area contributed by atoms with Crippen LogP contribution in [0.15, 0.2) is 109 Å². The summed E-state index contributed by atoms with van der Waals surface area (Å²) in [5, 5.41) is 0. The van der Waals surface area contributed by atoms with Gasteiger partial charge in [0.25, 0.3) is 0 Å². The molecule has 0 aromatic heterocycles. The zero-order valence-electron chi connectivity index (χ0n) is 53.3. The summed E-state index contributed by atoms with van der Waals surface area (Å²) in [6.45, 7) is 6.43. The minimum atomic E-state index is -0.791. The summed E-state index contributed by atoms with van der Waals surface area (Å²) in [6, 6.07) is 0. The molecule has 0 aromatic carbocycles. The number of carbonyl (C=O) groups excluding carboxylic acids is 3. The maximum atomic E-state index is 12.9. The van der Waals surface area contributed by atoms with E-state index in [1.54, 1.807) is 0 Å². The van der Waals surface area contributed by atoms with Gasteiger partial charge in [0.1, 0.15) is 13.2 Å². The molecule has 6 heteroatoms. The minimum absolute atomic E-state index is 0.0846. The second-order valence-corrected chi connectivity index (χ2v) is 22.7. The van der Waals surface area contributed by atoms with E-state index >= 15 is 0 Å². The van der Waals surface area contributed by atoms with Crippen molar-refractivity contribution in [2.45, 2.75) is 335 Å². The standard InChI is InChI=1S/C75H128O6/c1-4-7-10-13-16-19-22-25-28-31-33-34-35-36-37-38-39-40-42-44-47-50-53-56-59-62-65-68-74(77)80-71-72(70-79-73(76)67-64-61-58-55-52-49-46-43-30-27-24-21-18-15-12-9-6-3)81-75(78)69-66-63-60-57-54-51-48-45-41-32-29-26-23-20-17-14-11-8-5-2/h7-8,10-11,16-17,19-20,25-30,33-34,41,45,72H,4-6,9,12-15,18,21-24,31-32,35-40,42-44,46-71H2,1-3H3/b10-7-,11-8-,19-16-,20-17-,28-25-,29-26-,30-27-,34-33-,45-41-. The summed E-state index contributed by atoms with van der Waals surface area (Å²) < 4.78 is 17.0. The quantitative estimate of drug-likeness (QED) is 0.0261. The van der Waals surface area contributed by atoms with Gasteiger partial charge in [-0.15, -0.1) is 0 Å². The SMILES string of the molecule is CC/C=C\C/C=C\C/C=C\C/C=C\CCCCCCCCCCCCCCCCC(=O)OCC(COC(=O)CCCCCCCCC/C=C\CCCCCCCC)OC(=O)CCCCCCCC/C=C\C/C=C\C/C=C\C/C=C\CC. The van der Waals surface area contributed by atoms with Crippen LogP contribution in [0.1, 0.15) is 329 Å². The van der Waals surface area contributed by atoms with E-state index in [4.69, 9.17) is 14.2 Å². The van der Waals surface area contributed by atoms with Gasteiger partial charge in [-0.3, -0.25) is 14.4 Å². The van der Waals surface area contributed by atoms with Crippen molar-refractivity contribution in [3.63, 3.8) is 0 Å². The van der Waals surface area contributed by atoms with Crippen molar-refractivity contribution in [2.75, 3.05) is 13.2 Å². The number of rotatable bonds is 62. The summed E-state index contributed by atoms with van der Waals surface area (Å²) in [5.41, 5.74) is 0. The van der Waals surface area contributed by atoms with Gasteiger partial charge in [0, 0.05) is 19.3 Å². The summed E-state index contributed by atoms with van der Waals surface area (Å²) in [5.74, 6) is -0.891. The highest BCUT2D eigenvalue weighted by molar-refractivity contribution is 5.71. The highest BCUT2D eigenvalue weighted by Crippen LogP contribution is 2.17. The maximum absolute atomic E-state index is 12.9. The van der Waals surface area contributed by atoms with E-state index in [1.807, 2.05) is 0 Å². The molecule has 1 unspecified atom stereocenters. The van der Waals surface area contributed by atoms with Gasteiger partial charge in [0.2, 0.25) is 0 Å². The molecule has 1 atom stereocenters. The minimum Gasteiger partial charge on any atom is -0.462 e. The predicted octanol–water partition coefficient (Wildman–Crippen LogP) is 23.8. The van der Waals surface area contributed by atoms with Gasteiger partial charge in [-0.05, 0) is 122 Å². The lowest BCUT2D eigenvalue weighted by Gasteiger charge is -2.18. The van der Waals surface area contributed by atoms with Crippen molar-refractivity contribution in [3.8, 4) is 0 Å². The Kier molecular flexibility index (Phi) is 65.2. The van der Waals surface area contributed by atoms with Gasteiger partial charge in [-0.1, -0.05) is 297 Å². The van der Waals surface area contributed by atoms with E-state index in [0.29, 0.717) is 19.3 Å². The van der Waals surface area contributed by atoms with Gasteiger partial charge in [0.05, 0.1) is 0 Å². The van der Waals surface area contributed by atoms with Crippen molar-refractivity contribution < 1.29 is 28.6 Å². The molecule has 81 heavy (non-hydrogen) atoms. The van der Waals surface area contributed by atoms with Crippen molar-refractivity contribution in [2.24, 2.45) is 0 Å². The molecule has 0 rings (SSSR count). The van der Waals surface area contributed by atoms with E-state index in [-0.39, 0.29) is 31.1 Å². The van der Waals surface area contributed by atoms with Crippen molar-refractivity contribution in [1.29, 1.82) is 0 Å². The fourth-order valence-corrected chi connectivity index (χ4v) is 9.66. The largest absolute Gasteiger partial charge is 0.462 e. The van der Waals surface area contributed by atoms with Crippen molar-refractivity contribution >= 4 is 17.9 Å². The molecule has 6 nitrogen and oxygen atoms in total. The van der Waals surface area contributed by atoms with E-state index in [0.717, 1.165) is 122 Å². The van der Waals surface area contributed by atoms with Crippen LogP contribution < -0.4 is 0 Å². The van der Waals surface area contributed by atoms with Crippen LogP contribution in [0.5, 0.6) is 0 Å². The molecule has 0 aliphatic heterocycles. The van der Waals surface area contributed by atoms with Crippen LogP contribution in [-0.4, -0.2) is 37.2 Å². The van der Waals surface area contributed by atoms with Gasteiger partial charge in [-0.2, -0.15) is 0 Å². The second-order valence-electron chi connectivity index (χ2n) is 22.7. The maximum Gasteiger partial charge on any atom is 0.306 e. The average Bonchev–Trinajstić information content (AvgIpc) is 3.47. The fourth-order valence-electron chi connectivity index (χ4n) is 9.66. The Bertz CT molecular complexity index is 1620. The monoisotopic (exact) mass is 1120 g/mol. The molecule has 0 aliphatic rings. The lowest BCUT2D eigenvalue weighted by Crippen LogP contribution is -2.30. The zero-order valence-corrected chi connectivity index (χ0v) is 53.3. The number of hydrogen-bond acceptors (Lipinski definition) is 6. The molecule has 0 amide bonds. The second kappa shape index (κ2) is 68.6. The molecule has 0 spiro atoms.